The maximum absolute atomic E-state index is 13.3. The predicted molar refractivity (Wildman–Crippen MR) is 73.7 cm³/mol. The van der Waals surface area contributed by atoms with Crippen molar-refractivity contribution in [2.75, 3.05) is 5.32 Å². The van der Waals surface area contributed by atoms with E-state index in [2.05, 4.69) is 5.32 Å². The second-order valence-corrected chi connectivity index (χ2v) is 4.48. The fourth-order valence-electron chi connectivity index (χ4n) is 1.68. The molecule has 0 atom stereocenters. The molecule has 0 saturated heterocycles. The minimum absolute atomic E-state index is 0.129. The van der Waals surface area contributed by atoms with Crippen molar-refractivity contribution in [2.45, 2.75) is 6.54 Å². The number of amides is 1. The summed E-state index contributed by atoms with van der Waals surface area (Å²) < 4.78 is 13.3. The molecule has 19 heavy (non-hydrogen) atoms. The lowest BCUT2D eigenvalue weighted by Gasteiger charge is -2.08. The van der Waals surface area contributed by atoms with Crippen LogP contribution in [0.2, 0.25) is 5.02 Å². The number of hydrogen-bond donors (Lipinski definition) is 2. The predicted octanol–water partition coefficient (Wildman–Crippen LogP) is 3.19. The third kappa shape index (κ3) is 3.45. The third-order valence-electron chi connectivity index (χ3n) is 2.62. The smallest absolute Gasteiger partial charge is 0.251 e. The first-order chi connectivity index (χ1) is 9.06. The molecular weight excluding hydrogens is 267 g/mol. The molecule has 2 aromatic rings. The Morgan fingerprint density at radius 1 is 1.26 bits per heavy atom. The molecule has 0 aromatic heterocycles. The lowest BCUT2D eigenvalue weighted by molar-refractivity contribution is 0.0996. The highest BCUT2D eigenvalue weighted by Gasteiger charge is 2.08. The Kier molecular flexibility index (Phi) is 4.02. The van der Waals surface area contributed by atoms with E-state index >= 15 is 0 Å². The molecule has 0 fully saturated rings. The zero-order valence-corrected chi connectivity index (χ0v) is 10.7. The minimum atomic E-state index is -0.788. The Hall–Kier alpha value is -2.07. The molecule has 0 saturated carbocycles. The second-order valence-electron chi connectivity index (χ2n) is 4.04. The van der Waals surface area contributed by atoms with Crippen LogP contribution in [0.1, 0.15) is 15.9 Å². The number of carbonyl (C=O) groups excluding carboxylic acids is 1. The van der Waals surface area contributed by atoms with Crippen LogP contribution < -0.4 is 11.1 Å². The fourth-order valence-corrected chi connectivity index (χ4v) is 1.89. The van der Waals surface area contributed by atoms with Gasteiger partial charge >= 0.3 is 0 Å². The maximum Gasteiger partial charge on any atom is 0.251 e. The van der Waals surface area contributed by atoms with E-state index in [1.165, 1.54) is 12.1 Å². The van der Waals surface area contributed by atoms with E-state index in [4.69, 9.17) is 17.3 Å². The third-order valence-corrected chi connectivity index (χ3v) is 2.85. The summed E-state index contributed by atoms with van der Waals surface area (Å²) in [5, 5.41) is 3.73. The topological polar surface area (TPSA) is 55.1 Å². The molecule has 0 aliphatic heterocycles. The van der Waals surface area contributed by atoms with Crippen molar-refractivity contribution in [3.63, 3.8) is 0 Å². The first-order valence-corrected chi connectivity index (χ1v) is 6.02. The maximum atomic E-state index is 13.3. The summed E-state index contributed by atoms with van der Waals surface area (Å²) in [7, 11) is 0. The van der Waals surface area contributed by atoms with Gasteiger partial charge < -0.3 is 11.1 Å². The van der Waals surface area contributed by atoms with Crippen molar-refractivity contribution >= 4 is 23.2 Å². The summed E-state index contributed by atoms with van der Waals surface area (Å²) in [6.07, 6.45) is 0. The summed E-state index contributed by atoms with van der Waals surface area (Å²) >= 11 is 5.88. The summed E-state index contributed by atoms with van der Waals surface area (Å²) in [6, 6.07) is 11.5. The monoisotopic (exact) mass is 278 g/mol. The molecule has 1 amide bonds. The summed E-state index contributed by atoms with van der Waals surface area (Å²) in [6.45, 7) is 0.518. The van der Waals surface area contributed by atoms with Crippen molar-refractivity contribution < 1.29 is 9.18 Å². The van der Waals surface area contributed by atoms with Crippen LogP contribution in [0.15, 0.2) is 42.5 Å². The van der Waals surface area contributed by atoms with Crippen molar-refractivity contribution in [3.8, 4) is 0 Å². The molecule has 98 valence electrons. The van der Waals surface area contributed by atoms with E-state index in [1.54, 1.807) is 12.1 Å². The SMILES string of the molecule is NC(=O)c1cc(NCc2cccc(Cl)c2)ccc1F. The first kappa shape index (κ1) is 13.4. The average Bonchev–Trinajstić information content (AvgIpc) is 2.37. The lowest BCUT2D eigenvalue weighted by atomic mass is 10.1. The number of primary amides is 1. The fraction of sp³-hybridized carbons (Fsp3) is 0.0714. The van der Waals surface area contributed by atoms with E-state index in [9.17, 15) is 9.18 Å². The highest BCUT2D eigenvalue weighted by molar-refractivity contribution is 6.30. The first-order valence-electron chi connectivity index (χ1n) is 5.64. The van der Waals surface area contributed by atoms with Gasteiger partial charge in [0.05, 0.1) is 5.56 Å². The summed E-state index contributed by atoms with van der Waals surface area (Å²) in [5.74, 6) is -1.41. The van der Waals surface area contributed by atoms with Gasteiger partial charge in [0.15, 0.2) is 0 Å². The van der Waals surface area contributed by atoms with Crippen molar-refractivity contribution in [1.29, 1.82) is 0 Å². The van der Waals surface area contributed by atoms with Gasteiger partial charge in [0.25, 0.3) is 5.91 Å². The van der Waals surface area contributed by atoms with Gasteiger partial charge in [-0.25, -0.2) is 4.39 Å². The van der Waals surface area contributed by atoms with Crippen LogP contribution in [0.3, 0.4) is 0 Å². The van der Waals surface area contributed by atoms with Crippen LogP contribution >= 0.6 is 11.6 Å². The molecule has 0 aliphatic rings. The van der Waals surface area contributed by atoms with Crippen molar-refractivity contribution in [3.05, 3.63) is 64.4 Å². The number of benzene rings is 2. The average molecular weight is 279 g/mol. The standard InChI is InChI=1S/C14H12ClFN2O/c15-10-3-1-2-9(6-10)8-18-11-4-5-13(16)12(7-11)14(17)19/h1-7,18H,8H2,(H2,17,19). The lowest BCUT2D eigenvalue weighted by Crippen LogP contribution is -2.13. The van der Waals surface area contributed by atoms with Crippen LogP contribution in [0, 0.1) is 5.82 Å². The highest BCUT2D eigenvalue weighted by Crippen LogP contribution is 2.16. The van der Waals surface area contributed by atoms with Gasteiger partial charge in [-0.15, -0.1) is 0 Å². The molecule has 0 aliphatic carbocycles. The Morgan fingerprint density at radius 3 is 2.74 bits per heavy atom. The van der Waals surface area contributed by atoms with Crippen molar-refractivity contribution in [1.82, 2.24) is 0 Å². The van der Waals surface area contributed by atoms with Crippen LogP contribution in [-0.2, 0) is 6.54 Å². The van der Waals surface area contributed by atoms with E-state index in [0.29, 0.717) is 17.3 Å². The molecule has 3 nitrogen and oxygen atoms in total. The van der Waals surface area contributed by atoms with Gasteiger partial charge in [-0.1, -0.05) is 23.7 Å². The quantitative estimate of drug-likeness (QED) is 0.902. The number of anilines is 1. The van der Waals surface area contributed by atoms with E-state index in [1.807, 2.05) is 18.2 Å². The van der Waals surface area contributed by atoms with Crippen LogP contribution in [0.4, 0.5) is 10.1 Å². The van der Waals surface area contributed by atoms with Gasteiger partial charge in [0.1, 0.15) is 5.82 Å². The van der Waals surface area contributed by atoms with Gasteiger partial charge in [0.2, 0.25) is 0 Å². The molecule has 0 bridgehead atoms. The molecule has 0 heterocycles. The number of carbonyl (C=O) groups is 1. The number of halogens is 2. The molecule has 3 N–H and O–H groups in total. The van der Waals surface area contributed by atoms with Gasteiger partial charge in [0, 0.05) is 17.3 Å². The largest absolute Gasteiger partial charge is 0.381 e. The molecule has 0 spiro atoms. The number of nitrogens with two attached hydrogens (primary N) is 1. The zero-order chi connectivity index (χ0) is 13.8. The Bertz CT molecular complexity index is 616. The minimum Gasteiger partial charge on any atom is -0.381 e. The number of nitrogens with one attached hydrogen (secondary N) is 1. The van der Waals surface area contributed by atoms with E-state index in [0.717, 1.165) is 5.56 Å². The van der Waals surface area contributed by atoms with Crippen LogP contribution in [0.5, 0.6) is 0 Å². The molecular formula is C14H12ClFN2O. The van der Waals surface area contributed by atoms with Crippen LogP contribution in [0.25, 0.3) is 0 Å². The molecule has 0 unspecified atom stereocenters. The number of rotatable bonds is 4. The van der Waals surface area contributed by atoms with Crippen LogP contribution in [-0.4, -0.2) is 5.91 Å². The van der Waals surface area contributed by atoms with Crippen molar-refractivity contribution in [2.24, 2.45) is 5.73 Å². The molecule has 2 aromatic carbocycles. The highest BCUT2D eigenvalue weighted by atomic mass is 35.5. The molecule has 5 heteroatoms. The molecule has 2 rings (SSSR count). The zero-order valence-electron chi connectivity index (χ0n) is 9.99. The second kappa shape index (κ2) is 5.71. The number of hydrogen-bond acceptors (Lipinski definition) is 2. The Balaban J connectivity index is 2.12. The van der Waals surface area contributed by atoms with Gasteiger partial charge in [-0.05, 0) is 35.9 Å². The van der Waals surface area contributed by atoms with E-state index < -0.39 is 11.7 Å². The summed E-state index contributed by atoms with van der Waals surface area (Å²) in [4.78, 5) is 11.0. The Labute approximate surface area is 115 Å². The molecule has 0 radical (unpaired) electrons. The van der Waals surface area contributed by atoms with Gasteiger partial charge in [-0.2, -0.15) is 0 Å². The normalized spacial score (nSPS) is 10.2. The van der Waals surface area contributed by atoms with Gasteiger partial charge in [-0.3, -0.25) is 4.79 Å². The van der Waals surface area contributed by atoms with E-state index in [-0.39, 0.29) is 5.56 Å². The Morgan fingerprint density at radius 2 is 2.05 bits per heavy atom. The summed E-state index contributed by atoms with van der Waals surface area (Å²) in [5.41, 5.74) is 6.56.